The molecule has 7 heteroatoms. The van der Waals surface area contributed by atoms with Crippen LogP contribution < -0.4 is 4.74 Å². The van der Waals surface area contributed by atoms with E-state index in [1.54, 1.807) is 17.4 Å². The van der Waals surface area contributed by atoms with Crippen LogP contribution in [0, 0.1) is 5.82 Å². The van der Waals surface area contributed by atoms with Gasteiger partial charge in [-0.25, -0.2) is 9.37 Å². The lowest BCUT2D eigenvalue weighted by atomic mass is 10.1. The van der Waals surface area contributed by atoms with Gasteiger partial charge in [-0.3, -0.25) is 4.79 Å². The fraction of sp³-hybridized carbons (Fsp3) is 0.375. The highest BCUT2D eigenvalue weighted by Crippen LogP contribution is 2.25. The Morgan fingerprint density at radius 2 is 2.35 bits per heavy atom. The van der Waals surface area contributed by atoms with E-state index >= 15 is 0 Å². The lowest BCUT2D eigenvalue weighted by Crippen LogP contribution is -2.42. The maximum Gasteiger partial charge on any atom is 0.260 e. The number of amides is 1. The normalized spacial score (nSPS) is 18.0. The largest absolute Gasteiger partial charge is 0.482 e. The molecule has 1 aliphatic heterocycles. The number of carbonyl (C=O) groups excluding carboxylic acids is 1. The second-order valence-corrected chi connectivity index (χ2v) is 5.92. The summed E-state index contributed by atoms with van der Waals surface area (Å²) in [6.45, 7) is 1.24. The third-order valence-electron chi connectivity index (χ3n) is 3.94. The van der Waals surface area contributed by atoms with Crippen LogP contribution in [0.1, 0.15) is 18.9 Å². The highest BCUT2D eigenvalue weighted by atomic mass is 35.5. The highest BCUT2D eigenvalue weighted by Gasteiger charge is 2.24. The fourth-order valence-corrected chi connectivity index (χ4v) is 2.95. The summed E-state index contributed by atoms with van der Waals surface area (Å²) in [6.07, 6.45) is 7.37. The molecule has 0 saturated carbocycles. The molecule has 1 atom stereocenters. The minimum atomic E-state index is -0.437. The van der Waals surface area contributed by atoms with E-state index in [4.69, 9.17) is 16.3 Å². The number of aromatic nitrogens is 2. The maximum absolute atomic E-state index is 13.0. The van der Waals surface area contributed by atoms with E-state index in [0.29, 0.717) is 18.8 Å². The van der Waals surface area contributed by atoms with E-state index in [1.165, 1.54) is 12.1 Å². The molecule has 0 bridgehead atoms. The molecule has 122 valence electrons. The zero-order valence-electron chi connectivity index (χ0n) is 12.5. The standard InChI is InChI=1S/C16H17ClFN3O2/c17-14-8-12(18)3-4-15(14)23-10-16(22)20-6-1-2-13(9-20)21-7-5-19-11-21/h3-5,7-8,11,13H,1-2,6,9-10H2/t13-/m1/s1. The van der Waals surface area contributed by atoms with Crippen LogP contribution in [0.15, 0.2) is 36.9 Å². The topological polar surface area (TPSA) is 47.4 Å². The fourth-order valence-electron chi connectivity index (χ4n) is 2.73. The number of piperidine rings is 1. The van der Waals surface area contributed by atoms with E-state index in [9.17, 15) is 9.18 Å². The summed E-state index contributed by atoms with van der Waals surface area (Å²) >= 11 is 5.89. The van der Waals surface area contributed by atoms with Crippen molar-refractivity contribution in [1.82, 2.24) is 14.5 Å². The molecule has 0 aliphatic carbocycles. The molecule has 2 heterocycles. The average molecular weight is 338 g/mol. The van der Waals surface area contributed by atoms with Gasteiger partial charge in [-0.1, -0.05) is 11.6 Å². The smallest absolute Gasteiger partial charge is 0.260 e. The van der Waals surface area contributed by atoms with Crippen molar-refractivity contribution < 1.29 is 13.9 Å². The van der Waals surface area contributed by atoms with Crippen molar-refractivity contribution in [3.63, 3.8) is 0 Å². The van der Waals surface area contributed by atoms with Gasteiger partial charge in [-0.2, -0.15) is 0 Å². The molecule has 1 fully saturated rings. The number of hydrogen-bond acceptors (Lipinski definition) is 3. The van der Waals surface area contributed by atoms with E-state index in [-0.39, 0.29) is 23.6 Å². The van der Waals surface area contributed by atoms with Crippen molar-refractivity contribution in [1.29, 1.82) is 0 Å². The average Bonchev–Trinajstić information content (AvgIpc) is 3.08. The molecule has 1 amide bonds. The minimum Gasteiger partial charge on any atom is -0.482 e. The molecule has 5 nitrogen and oxygen atoms in total. The molecular weight excluding hydrogens is 321 g/mol. The second-order valence-electron chi connectivity index (χ2n) is 5.51. The zero-order chi connectivity index (χ0) is 16.2. The number of halogens is 2. The number of carbonyl (C=O) groups is 1. The molecule has 1 aliphatic rings. The minimum absolute atomic E-state index is 0.102. The lowest BCUT2D eigenvalue weighted by molar-refractivity contribution is -0.135. The number of hydrogen-bond donors (Lipinski definition) is 0. The Labute approximate surface area is 138 Å². The van der Waals surface area contributed by atoms with Gasteiger partial charge in [-0.15, -0.1) is 0 Å². The summed E-state index contributed by atoms with van der Waals surface area (Å²) in [4.78, 5) is 18.2. The van der Waals surface area contributed by atoms with Gasteiger partial charge < -0.3 is 14.2 Å². The first-order valence-electron chi connectivity index (χ1n) is 7.46. The van der Waals surface area contributed by atoms with Crippen LogP contribution in [0.5, 0.6) is 5.75 Å². The van der Waals surface area contributed by atoms with Crippen LogP contribution >= 0.6 is 11.6 Å². The van der Waals surface area contributed by atoms with E-state index in [0.717, 1.165) is 18.9 Å². The van der Waals surface area contributed by atoms with Gasteiger partial charge in [0.2, 0.25) is 0 Å². The van der Waals surface area contributed by atoms with Crippen molar-refractivity contribution in [3.05, 3.63) is 47.8 Å². The van der Waals surface area contributed by atoms with E-state index in [2.05, 4.69) is 4.98 Å². The predicted molar refractivity (Wildman–Crippen MR) is 84.0 cm³/mol. The van der Waals surface area contributed by atoms with Crippen LogP contribution in [0.2, 0.25) is 5.02 Å². The van der Waals surface area contributed by atoms with Gasteiger partial charge in [-0.05, 0) is 31.0 Å². The molecular formula is C16H17ClFN3O2. The van der Waals surface area contributed by atoms with Crippen molar-refractivity contribution in [2.45, 2.75) is 18.9 Å². The van der Waals surface area contributed by atoms with Gasteiger partial charge in [0.15, 0.2) is 6.61 Å². The molecule has 0 spiro atoms. The monoisotopic (exact) mass is 337 g/mol. The predicted octanol–water partition coefficient (Wildman–Crippen LogP) is 2.92. The number of nitrogens with zero attached hydrogens (tertiary/aromatic N) is 3. The molecule has 3 rings (SSSR count). The number of benzene rings is 1. The first-order chi connectivity index (χ1) is 11.1. The molecule has 0 unspecified atom stereocenters. The van der Waals surface area contributed by atoms with Crippen LogP contribution in [-0.4, -0.2) is 40.1 Å². The second kappa shape index (κ2) is 7.00. The van der Waals surface area contributed by atoms with Gasteiger partial charge in [0.1, 0.15) is 11.6 Å². The Morgan fingerprint density at radius 3 is 3.09 bits per heavy atom. The zero-order valence-corrected chi connectivity index (χ0v) is 13.2. The van der Waals surface area contributed by atoms with Crippen molar-refractivity contribution in [3.8, 4) is 5.75 Å². The van der Waals surface area contributed by atoms with Crippen LogP contribution in [-0.2, 0) is 4.79 Å². The highest BCUT2D eigenvalue weighted by molar-refractivity contribution is 6.32. The summed E-state index contributed by atoms with van der Waals surface area (Å²) in [5.74, 6) is -0.229. The lowest BCUT2D eigenvalue weighted by Gasteiger charge is -2.33. The SMILES string of the molecule is O=C(COc1ccc(F)cc1Cl)N1CCC[C@@H](n2ccnc2)C1. The number of ether oxygens (including phenoxy) is 1. The number of likely N-dealkylation sites (tertiary alicyclic amines) is 1. The molecule has 0 N–H and O–H groups in total. The van der Waals surface area contributed by atoms with E-state index in [1.807, 2.05) is 10.8 Å². The summed E-state index contributed by atoms with van der Waals surface area (Å²) in [6, 6.07) is 4.08. The van der Waals surface area contributed by atoms with Crippen LogP contribution in [0.4, 0.5) is 4.39 Å². The van der Waals surface area contributed by atoms with Crippen molar-refractivity contribution in [2.75, 3.05) is 19.7 Å². The Bertz CT molecular complexity index is 678. The quantitative estimate of drug-likeness (QED) is 0.862. The molecule has 2 aromatic rings. The third-order valence-corrected chi connectivity index (χ3v) is 4.24. The summed E-state index contributed by atoms with van der Waals surface area (Å²) in [7, 11) is 0. The van der Waals surface area contributed by atoms with Crippen molar-refractivity contribution >= 4 is 17.5 Å². The summed E-state index contributed by atoms with van der Waals surface area (Å²) < 4.78 is 20.4. The Kier molecular flexibility index (Phi) is 4.81. The molecule has 1 aromatic heterocycles. The third kappa shape index (κ3) is 3.82. The van der Waals surface area contributed by atoms with E-state index < -0.39 is 5.82 Å². The first kappa shape index (κ1) is 15.8. The van der Waals surface area contributed by atoms with Crippen LogP contribution in [0.25, 0.3) is 0 Å². The Morgan fingerprint density at radius 1 is 1.48 bits per heavy atom. The molecule has 1 aromatic carbocycles. The first-order valence-corrected chi connectivity index (χ1v) is 7.84. The van der Waals surface area contributed by atoms with Crippen molar-refractivity contribution in [2.24, 2.45) is 0 Å². The van der Waals surface area contributed by atoms with Gasteiger partial charge in [0.25, 0.3) is 5.91 Å². The molecule has 23 heavy (non-hydrogen) atoms. The van der Waals surface area contributed by atoms with Gasteiger partial charge in [0, 0.05) is 25.5 Å². The molecule has 1 saturated heterocycles. The summed E-state index contributed by atoms with van der Waals surface area (Å²) in [5, 5.41) is 0.160. The summed E-state index contributed by atoms with van der Waals surface area (Å²) in [5.41, 5.74) is 0. The number of imidazole rings is 1. The van der Waals surface area contributed by atoms with Crippen LogP contribution in [0.3, 0.4) is 0 Å². The Hall–Kier alpha value is -2.08. The van der Waals surface area contributed by atoms with Gasteiger partial charge >= 0.3 is 0 Å². The van der Waals surface area contributed by atoms with Gasteiger partial charge in [0.05, 0.1) is 17.4 Å². The maximum atomic E-state index is 13.0. The molecule has 0 radical (unpaired) electrons. The Balaban J connectivity index is 1.57. The number of rotatable bonds is 4.